The smallest absolute Gasteiger partial charge is 0.259 e. The Bertz CT molecular complexity index is 741. The monoisotopic (exact) mass is 339 g/mol. The summed E-state index contributed by atoms with van der Waals surface area (Å²) >= 11 is 11.9. The highest BCUT2D eigenvalue weighted by Crippen LogP contribution is 2.24. The van der Waals surface area contributed by atoms with E-state index in [0.29, 0.717) is 42.0 Å². The minimum Gasteiger partial charge on any atom is -0.495 e. The maximum atomic E-state index is 12.7. The molecule has 0 radical (unpaired) electrons. The third-order valence-electron chi connectivity index (χ3n) is 3.30. The largest absolute Gasteiger partial charge is 0.495 e. The van der Waals surface area contributed by atoms with Crippen molar-refractivity contribution >= 4 is 29.5 Å². The van der Waals surface area contributed by atoms with Gasteiger partial charge in [-0.15, -0.1) is 11.6 Å². The van der Waals surface area contributed by atoms with Crippen LogP contribution in [0.3, 0.4) is 0 Å². The molecule has 0 spiro atoms. The second-order valence-corrected chi connectivity index (χ2v) is 5.39. The standard InChI is InChI=1S/C16H15Cl2NO3/c1-22-14-7-3-2-6-13(14)19-9-11(10-20)15(18)12(16(19)21)5-4-8-17/h2-3,6-7,9-10H,4-5,8H2,1H3. The van der Waals surface area contributed by atoms with Crippen molar-refractivity contribution in [2.24, 2.45) is 0 Å². The topological polar surface area (TPSA) is 48.3 Å². The van der Waals surface area contributed by atoms with E-state index in [1.807, 2.05) is 0 Å². The number of aldehydes is 1. The van der Waals surface area contributed by atoms with Crippen LogP contribution in [0, 0.1) is 0 Å². The molecule has 0 N–H and O–H groups in total. The molecule has 1 aromatic heterocycles. The van der Waals surface area contributed by atoms with Gasteiger partial charge >= 0.3 is 0 Å². The molecule has 0 saturated heterocycles. The number of hydrogen-bond acceptors (Lipinski definition) is 3. The summed E-state index contributed by atoms with van der Waals surface area (Å²) in [4.78, 5) is 23.9. The maximum absolute atomic E-state index is 12.7. The van der Waals surface area contributed by atoms with Gasteiger partial charge in [0.1, 0.15) is 5.75 Å². The number of nitrogens with zero attached hydrogens (tertiary/aromatic N) is 1. The second kappa shape index (κ2) is 7.47. The molecule has 116 valence electrons. The van der Waals surface area contributed by atoms with Gasteiger partial charge in [0.05, 0.1) is 23.4 Å². The summed E-state index contributed by atoms with van der Waals surface area (Å²) < 4.78 is 6.66. The summed E-state index contributed by atoms with van der Waals surface area (Å²) in [6, 6.07) is 7.08. The molecule has 0 bridgehead atoms. The fraction of sp³-hybridized carbons (Fsp3) is 0.250. The number of methoxy groups -OCH3 is 1. The van der Waals surface area contributed by atoms with Gasteiger partial charge in [0.25, 0.3) is 5.56 Å². The van der Waals surface area contributed by atoms with Crippen molar-refractivity contribution in [1.82, 2.24) is 4.57 Å². The number of benzene rings is 1. The van der Waals surface area contributed by atoms with Crippen molar-refractivity contribution in [1.29, 1.82) is 0 Å². The maximum Gasteiger partial charge on any atom is 0.259 e. The fourth-order valence-electron chi connectivity index (χ4n) is 2.22. The number of carbonyl (C=O) groups excluding carboxylic acids is 1. The van der Waals surface area contributed by atoms with E-state index in [-0.39, 0.29) is 16.1 Å². The number of halogens is 2. The SMILES string of the molecule is COc1ccccc1-n1cc(C=O)c(Cl)c(CCCCl)c1=O. The Hall–Kier alpha value is -1.78. The zero-order valence-corrected chi connectivity index (χ0v) is 13.5. The number of hydrogen-bond donors (Lipinski definition) is 0. The van der Waals surface area contributed by atoms with E-state index < -0.39 is 0 Å². The first-order valence-corrected chi connectivity index (χ1v) is 7.63. The van der Waals surface area contributed by atoms with Gasteiger partial charge in [0, 0.05) is 17.6 Å². The summed E-state index contributed by atoms with van der Waals surface area (Å²) in [5.74, 6) is 0.947. The van der Waals surface area contributed by atoms with Crippen LogP contribution < -0.4 is 10.3 Å². The zero-order chi connectivity index (χ0) is 16.1. The number of para-hydroxylation sites is 2. The van der Waals surface area contributed by atoms with Crippen molar-refractivity contribution in [2.75, 3.05) is 13.0 Å². The predicted molar refractivity (Wildman–Crippen MR) is 88.0 cm³/mol. The highest BCUT2D eigenvalue weighted by Gasteiger charge is 2.16. The fourth-order valence-corrected chi connectivity index (χ4v) is 2.62. The highest BCUT2D eigenvalue weighted by atomic mass is 35.5. The molecule has 0 saturated carbocycles. The van der Waals surface area contributed by atoms with E-state index >= 15 is 0 Å². The minimum atomic E-state index is -0.273. The lowest BCUT2D eigenvalue weighted by Crippen LogP contribution is -2.24. The van der Waals surface area contributed by atoms with Crippen molar-refractivity contribution in [3.63, 3.8) is 0 Å². The first-order valence-electron chi connectivity index (χ1n) is 6.72. The van der Waals surface area contributed by atoms with Gasteiger partial charge in [-0.3, -0.25) is 14.2 Å². The Morgan fingerprint density at radius 1 is 1.32 bits per heavy atom. The number of carbonyl (C=O) groups is 1. The quantitative estimate of drug-likeness (QED) is 0.597. The lowest BCUT2D eigenvalue weighted by atomic mass is 10.1. The second-order valence-electron chi connectivity index (χ2n) is 4.63. The Kier molecular flexibility index (Phi) is 5.63. The van der Waals surface area contributed by atoms with Crippen LogP contribution >= 0.6 is 23.2 Å². The Balaban J connectivity index is 2.71. The van der Waals surface area contributed by atoms with Gasteiger partial charge < -0.3 is 4.74 Å². The van der Waals surface area contributed by atoms with Crippen LogP contribution in [-0.2, 0) is 6.42 Å². The van der Waals surface area contributed by atoms with Gasteiger partial charge in [-0.25, -0.2) is 0 Å². The number of rotatable bonds is 6. The molecule has 0 aliphatic rings. The Morgan fingerprint density at radius 2 is 2.05 bits per heavy atom. The Labute approximate surface area is 138 Å². The van der Waals surface area contributed by atoms with Crippen LogP contribution in [0.4, 0.5) is 0 Å². The molecule has 1 heterocycles. The molecule has 1 aromatic carbocycles. The minimum absolute atomic E-state index is 0.191. The van der Waals surface area contributed by atoms with Gasteiger partial charge in [-0.2, -0.15) is 0 Å². The van der Waals surface area contributed by atoms with E-state index in [1.165, 1.54) is 17.9 Å². The van der Waals surface area contributed by atoms with E-state index in [1.54, 1.807) is 24.3 Å². The third-order valence-corrected chi connectivity index (χ3v) is 4.01. The normalized spacial score (nSPS) is 10.5. The average Bonchev–Trinajstić information content (AvgIpc) is 2.55. The first kappa shape index (κ1) is 16.6. The van der Waals surface area contributed by atoms with E-state index in [9.17, 15) is 9.59 Å². The molecule has 0 aliphatic heterocycles. The molecule has 0 fully saturated rings. The summed E-state index contributed by atoms with van der Waals surface area (Å²) in [5, 5.41) is 0.191. The van der Waals surface area contributed by atoms with Crippen molar-refractivity contribution in [2.45, 2.75) is 12.8 Å². The van der Waals surface area contributed by atoms with Crippen LogP contribution in [0.1, 0.15) is 22.3 Å². The number of alkyl halides is 1. The molecule has 0 unspecified atom stereocenters. The first-order chi connectivity index (χ1) is 10.6. The highest BCUT2D eigenvalue weighted by molar-refractivity contribution is 6.33. The summed E-state index contributed by atoms with van der Waals surface area (Å²) in [6.07, 6.45) is 3.08. The summed E-state index contributed by atoms with van der Waals surface area (Å²) in [6.45, 7) is 0. The molecule has 6 heteroatoms. The van der Waals surface area contributed by atoms with E-state index in [0.717, 1.165) is 0 Å². The molecule has 2 rings (SSSR count). The van der Waals surface area contributed by atoms with Crippen LogP contribution in [0.25, 0.3) is 5.69 Å². The average molecular weight is 340 g/mol. The van der Waals surface area contributed by atoms with Gasteiger partial charge in [0.2, 0.25) is 0 Å². The van der Waals surface area contributed by atoms with Crippen LogP contribution in [0.2, 0.25) is 5.02 Å². The number of ether oxygens (including phenoxy) is 1. The molecule has 22 heavy (non-hydrogen) atoms. The molecule has 0 atom stereocenters. The van der Waals surface area contributed by atoms with E-state index in [4.69, 9.17) is 27.9 Å². The molecule has 0 aliphatic carbocycles. The lowest BCUT2D eigenvalue weighted by Gasteiger charge is -2.14. The summed E-state index contributed by atoms with van der Waals surface area (Å²) in [5.41, 5.74) is 0.932. The van der Waals surface area contributed by atoms with Crippen molar-refractivity contribution < 1.29 is 9.53 Å². The van der Waals surface area contributed by atoms with Crippen molar-refractivity contribution in [3.8, 4) is 11.4 Å². The molecular weight excluding hydrogens is 325 g/mol. The molecule has 4 nitrogen and oxygen atoms in total. The Morgan fingerprint density at radius 3 is 2.68 bits per heavy atom. The van der Waals surface area contributed by atoms with Gasteiger partial charge in [0.15, 0.2) is 6.29 Å². The van der Waals surface area contributed by atoms with E-state index in [2.05, 4.69) is 0 Å². The van der Waals surface area contributed by atoms with Crippen molar-refractivity contribution in [3.05, 3.63) is 57.0 Å². The molecule has 0 amide bonds. The predicted octanol–water partition coefficient (Wildman–Crippen LogP) is 3.48. The number of pyridine rings is 1. The lowest BCUT2D eigenvalue weighted by molar-refractivity contribution is 0.112. The molecular formula is C16H15Cl2NO3. The molecule has 2 aromatic rings. The number of aromatic nitrogens is 1. The van der Waals surface area contributed by atoms with Crippen LogP contribution in [0.5, 0.6) is 5.75 Å². The van der Waals surface area contributed by atoms with Crippen LogP contribution in [0.15, 0.2) is 35.3 Å². The third kappa shape index (κ3) is 3.18. The summed E-state index contributed by atoms with van der Waals surface area (Å²) in [7, 11) is 1.52. The van der Waals surface area contributed by atoms with Gasteiger partial charge in [-0.1, -0.05) is 23.7 Å². The zero-order valence-electron chi connectivity index (χ0n) is 12.0. The van der Waals surface area contributed by atoms with Crippen LogP contribution in [-0.4, -0.2) is 23.8 Å². The van der Waals surface area contributed by atoms with Gasteiger partial charge in [-0.05, 0) is 25.0 Å².